The molecule has 0 radical (unpaired) electrons. The van der Waals surface area contributed by atoms with Crippen LogP contribution in [0.25, 0.3) is 0 Å². The lowest BCUT2D eigenvalue weighted by molar-refractivity contribution is 0.157. The van der Waals surface area contributed by atoms with Crippen LogP contribution < -0.4 is 11.1 Å². The summed E-state index contributed by atoms with van der Waals surface area (Å²) in [6, 6.07) is 1.83. The molecule has 0 fully saturated rings. The van der Waals surface area contributed by atoms with Gasteiger partial charge in [0.2, 0.25) is 0 Å². The number of hydrogen-bond donors (Lipinski definition) is 2. The summed E-state index contributed by atoms with van der Waals surface area (Å²) in [4.78, 5) is 18.4. The molecule has 0 aliphatic heterocycles. The second-order valence-corrected chi connectivity index (χ2v) is 2.94. The molecule has 0 aliphatic rings. The number of nitrogens with one attached hydrogen (secondary N) is 1. The third-order valence-corrected chi connectivity index (χ3v) is 1.66. The van der Waals surface area contributed by atoms with Crippen molar-refractivity contribution in [2.24, 2.45) is 5.73 Å². The first kappa shape index (κ1) is 11.4. The maximum atomic E-state index is 10.2. The molecule has 0 saturated heterocycles. The fourth-order valence-electron chi connectivity index (χ4n) is 1.04. The molecule has 0 aromatic carbocycles. The zero-order chi connectivity index (χ0) is 11.1. The standard InChI is InChI=1S/C9H14N4O2/c1-7-12-3-2-8(13-7)6-11-4-5-15-9(10)14/h2-3,11H,4-6H2,1H3,(H2,10,14). The zero-order valence-corrected chi connectivity index (χ0v) is 8.56. The van der Waals surface area contributed by atoms with Crippen molar-refractivity contribution in [1.82, 2.24) is 15.3 Å². The Kier molecular flexibility index (Phi) is 4.49. The number of hydrogen-bond acceptors (Lipinski definition) is 5. The Morgan fingerprint density at radius 2 is 2.47 bits per heavy atom. The Balaban J connectivity index is 2.17. The minimum Gasteiger partial charge on any atom is -0.448 e. The van der Waals surface area contributed by atoms with Crippen LogP contribution in [0, 0.1) is 6.92 Å². The topological polar surface area (TPSA) is 90.1 Å². The van der Waals surface area contributed by atoms with Crippen molar-refractivity contribution in [1.29, 1.82) is 0 Å². The highest BCUT2D eigenvalue weighted by atomic mass is 16.5. The van der Waals surface area contributed by atoms with E-state index in [1.54, 1.807) is 6.20 Å². The predicted octanol–water partition coefficient (Wildman–Crippen LogP) is -0.0301. The summed E-state index contributed by atoms with van der Waals surface area (Å²) in [6.07, 6.45) is 0.953. The van der Waals surface area contributed by atoms with E-state index < -0.39 is 6.09 Å². The maximum Gasteiger partial charge on any atom is 0.404 e. The van der Waals surface area contributed by atoms with E-state index in [0.29, 0.717) is 13.1 Å². The van der Waals surface area contributed by atoms with E-state index in [1.165, 1.54) is 0 Å². The molecule has 0 bridgehead atoms. The first-order valence-electron chi connectivity index (χ1n) is 4.60. The minimum atomic E-state index is -0.755. The zero-order valence-electron chi connectivity index (χ0n) is 8.56. The van der Waals surface area contributed by atoms with Gasteiger partial charge in [0.1, 0.15) is 12.4 Å². The van der Waals surface area contributed by atoms with Gasteiger partial charge in [0, 0.05) is 19.3 Å². The lowest BCUT2D eigenvalue weighted by Gasteiger charge is -2.04. The van der Waals surface area contributed by atoms with Crippen LogP contribution in [0.2, 0.25) is 0 Å². The van der Waals surface area contributed by atoms with E-state index in [1.807, 2.05) is 13.0 Å². The van der Waals surface area contributed by atoms with Crippen LogP contribution in [0.5, 0.6) is 0 Å². The molecule has 0 saturated carbocycles. The van der Waals surface area contributed by atoms with Crippen molar-refractivity contribution in [3.8, 4) is 0 Å². The van der Waals surface area contributed by atoms with E-state index >= 15 is 0 Å². The van der Waals surface area contributed by atoms with Gasteiger partial charge in [-0.3, -0.25) is 0 Å². The van der Waals surface area contributed by atoms with Crippen LogP contribution in [0.3, 0.4) is 0 Å². The van der Waals surface area contributed by atoms with E-state index in [9.17, 15) is 4.79 Å². The Labute approximate surface area is 87.9 Å². The Morgan fingerprint density at radius 1 is 1.67 bits per heavy atom. The average Bonchev–Trinajstić information content (AvgIpc) is 2.17. The third-order valence-electron chi connectivity index (χ3n) is 1.66. The van der Waals surface area contributed by atoms with Crippen LogP contribution in [0.4, 0.5) is 4.79 Å². The summed E-state index contributed by atoms with van der Waals surface area (Å²) in [6.45, 7) is 3.26. The van der Waals surface area contributed by atoms with Crippen LogP contribution in [0.15, 0.2) is 12.3 Å². The van der Waals surface area contributed by atoms with Crippen molar-refractivity contribution in [2.45, 2.75) is 13.5 Å². The molecule has 82 valence electrons. The smallest absolute Gasteiger partial charge is 0.404 e. The van der Waals surface area contributed by atoms with Gasteiger partial charge in [-0.1, -0.05) is 0 Å². The Hall–Kier alpha value is -1.69. The SMILES string of the molecule is Cc1nccc(CNCCOC(N)=O)n1. The monoisotopic (exact) mass is 210 g/mol. The lowest BCUT2D eigenvalue weighted by atomic mass is 10.4. The largest absolute Gasteiger partial charge is 0.448 e. The molecule has 0 atom stereocenters. The molecule has 1 aromatic rings. The molecule has 1 rings (SSSR count). The number of ether oxygens (including phenoxy) is 1. The van der Waals surface area contributed by atoms with Crippen molar-refractivity contribution < 1.29 is 9.53 Å². The van der Waals surface area contributed by atoms with Crippen LogP contribution >= 0.6 is 0 Å². The van der Waals surface area contributed by atoms with E-state index in [4.69, 9.17) is 5.73 Å². The molecule has 1 amide bonds. The number of carbonyl (C=O) groups is 1. The summed E-state index contributed by atoms with van der Waals surface area (Å²) in [5.41, 5.74) is 5.70. The number of amides is 1. The molecule has 3 N–H and O–H groups in total. The van der Waals surface area contributed by atoms with Crippen molar-refractivity contribution in [2.75, 3.05) is 13.2 Å². The highest BCUT2D eigenvalue weighted by Crippen LogP contribution is 1.93. The van der Waals surface area contributed by atoms with Crippen LogP contribution in [-0.4, -0.2) is 29.2 Å². The molecule has 15 heavy (non-hydrogen) atoms. The highest BCUT2D eigenvalue weighted by Gasteiger charge is 1.96. The van der Waals surface area contributed by atoms with Crippen molar-refractivity contribution in [3.63, 3.8) is 0 Å². The summed E-state index contributed by atoms with van der Waals surface area (Å²) >= 11 is 0. The van der Waals surface area contributed by atoms with Crippen LogP contribution in [-0.2, 0) is 11.3 Å². The quantitative estimate of drug-likeness (QED) is 0.666. The van der Waals surface area contributed by atoms with Gasteiger partial charge in [-0.05, 0) is 13.0 Å². The van der Waals surface area contributed by atoms with Crippen molar-refractivity contribution >= 4 is 6.09 Å². The molecule has 0 aliphatic carbocycles. The van der Waals surface area contributed by atoms with E-state index in [-0.39, 0.29) is 6.61 Å². The average molecular weight is 210 g/mol. The van der Waals surface area contributed by atoms with Gasteiger partial charge in [0.25, 0.3) is 0 Å². The number of nitrogens with two attached hydrogens (primary N) is 1. The molecule has 0 spiro atoms. The fourth-order valence-corrected chi connectivity index (χ4v) is 1.04. The molecule has 6 nitrogen and oxygen atoms in total. The summed E-state index contributed by atoms with van der Waals surface area (Å²) < 4.78 is 4.55. The number of rotatable bonds is 5. The van der Waals surface area contributed by atoms with E-state index in [0.717, 1.165) is 11.5 Å². The normalized spacial score (nSPS) is 9.93. The molecule has 1 aromatic heterocycles. The summed E-state index contributed by atoms with van der Waals surface area (Å²) in [5, 5.41) is 3.06. The van der Waals surface area contributed by atoms with Gasteiger partial charge in [-0.2, -0.15) is 0 Å². The second-order valence-electron chi connectivity index (χ2n) is 2.94. The van der Waals surface area contributed by atoms with E-state index in [2.05, 4.69) is 20.0 Å². The lowest BCUT2D eigenvalue weighted by Crippen LogP contribution is -2.23. The Morgan fingerprint density at radius 3 is 3.13 bits per heavy atom. The second kappa shape index (κ2) is 5.92. The Bertz CT molecular complexity index is 330. The van der Waals surface area contributed by atoms with Gasteiger partial charge in [0.15, 0.2) is 0 Å². The van der Waals surface area contributed by atoms with Crippen LogP contribution in [0.1, 0.15) is 11.5 Å². The molecule has 1 heterocycles. The van der Waals surface area contributed by atoms with Gasteiger partial charge in [-0.25, -0.2) is 14.8 Å². The van der Waals surface area contributed by atoms with Gasteiger partial charge in [-0.15, -0.1) is 0 Å². The molecular formula is C9H14N4O2. The summed E-state index contributed by atoms with van der Waals surface area (Å²) in [7, 11) is 0. The third kappa shape index (κ3) is 4.92. The minimum absolute atomic E-state index is 0.263. The number of primary amides is 1. The highest BCUT2D eigenvalue weighted by molar-refractivity contribution is 5.64. The molecule has 0 unspecified atom stereocenters. The number of aromatic nitrogens is 2. The fraction of sp³-hybridized carbons (Fsp3) is 0.444. The number of aryl methyl sites for hydroxylation is 1. The number of carbonyl (C=O) groups excluding carboxylic acids is 1. The molecular weight excluding hydrogens is 196 g/mol. The predicted molar refractivity (Wildman–Crippen MR) is 54.0 cm³/mol. The number of nitrogens with zero attached hydrogens (tertiary/aromatic N) is 2. The summed E-state index contributed by atoms with van der Waals surface area (Å²) in [5.74, 6) is 0.739. The first-order chi connectivity index (χ1) is 7.18. The first-order valence-corrected chi connectivity index (χ1v) is 4.60. The molecule has 6 heteroatoms. The van der Waals surface area contributed by atoms with Gasteiger partial charge >= 0.3 is 6.09 Å². The van der Waals surface area contributed by atoms with Gasteiger partial charge < -0.3 is 15.8 Å². The van der Waals surface area contributed by atoms with Gasteiger partial charge in [0.05, 0.1) is 5.69 Å². The van der Waals surface area contributed by atoms with Crippen molar-refractivity contribution in [3.05, 3.63) is 23.8 Å². The maximum absolute atomic E-state index is 10.2.